The summed E-state index contributed by atoms with van der Waals surface area (Å²) in [5, 5.41) is 0. The van der Waals surface area contributed by atoms with Crippen LogP contribution in [0.5, 0.6) is 17.2 Å². The van der Waals surface area contributed by atoms with Crippen LogP contribution in [0.15, 0.2) is 84.6 Å². The fourth-order valence-electron chi connectivity index (χ4n) is 3.08. The largest absolute Gasteiger partial charge is 0.496 e. The van der Waals surface area contributed by atoms with Gasteiger partial charge in [-0.15, -0.1) is 0 Å². The Bertz CT molecular complexity index is 1230. The van der Waals surface area contributed by atoms with Crippen molar-refractivity contribution in [1.29, 1.82) is 0 Å². The second-order valence-electron chi connectivity index (χ2n) is 6.59. The predicted octanol–water partition coefficient (Wildman–Crippen LogP) is 5.23. The molecule has 3 aromatic rings. The van der Waals surface area contributed by atoms with Crippen molar-refractivity contribution in [2.75, 3.05) is 7.11 Å². The highest BCUT2D eigenvalue weighted by Gasteiger charge is 2.27. The van der Waals surface area contributed by atoms with Crippen LogP contribution in [0.3, 0.4) is 0 Å². The Hall–Kier alpha value is -4.19. The highest BCUT2D eigenvalue weighted by atomic mass is 19.1. The van der Waals surface area contributed by atoms with Crippen LogP contribution in [0, 0.1) is 5.82 Å². The number of methoxy groups -OCH3 is 1. The van der Waals surface area contributed by atoms with Crippen molar-refractivity contribution in [2.24, 2.45) is 0 Å². The molecule has 1 aliphatic heterocycles. The van der Waals surface area contributed by atoms with E-state index < -0.39 is 11.8 Å². The van der Waals surface area contributed by atoms with Gasteiger partial charge in [-0.05, 0) is 36.4 Å². The fourth-order valence-corrected chi connectivity index (χ4v) is 3.08. The summed E-state index contributed by atoms with van der Waals surface area (Å²) >= 11 is 0. The maximum Gasteiger partial charge on any atom is 0.346 e. The number of carbonyl (C=O) groups excluding carboxylic acids is 2. The van der Waals surface area contributed by atoms with E-state index in [1.54, 1.807) is 31.4 Å². The molecular weight excluding hydrogens is 399 g/mol. The lowest BCUT2D eigenvalue weighted by molar-refractivity contribution is 0.0729. The standard InChI is InChI=1S/C25H17FO5/c1-29-21-11-5-2-7-16(21)8-6-12-22-24(27)19-14-13-17(15-23(19)31-22)30-25(28)18-9-3-4-10-20(18)26/h2-15H,1H3. The van der Waals surface area contributed by atoms with Gasteiger partial charge in [0, 0.05) is 11.6 Å². The second kappa shape index (κ2) is 8.67. The van der Waals surface area contributed by atoms with E-state index in [1.165, 1.54) is 36.4 Å². The van der Waals surface area contributed by atoms with Crippen molar-refractivity contribution in [3.05, 3.63) is 107 Å². The normalized spacial score (nSPS) is 13.9. The fraction of sp³-hybridized carbons (Fsp3) is 0.0400. The molecular formula is C25H17FO5. The van der Waals surface area contributed by atoms with Gasteiger partial charge in [0.1, 0.15) is 23.1 Å². The number of benzene rings is 3. The van der Waals surface area contributed by atoms with E-state index in [0.717, 1.165) is 5.56 Å². The predicted molar refractivity (Wildman–Crippen MR) is 113 cm³/mol. The smallest absolute Gasteiger partial charge is 0.346 e. The number of hydrogen-bond donors (Lipinski definition) is 0. The number of rotatable bonds is 5. The zero-order valence-corrected chi connectivity index (χ0v) is 16.5. The first-order valence-electron chi connectivity index (χ1n) is 9.41. The first-order chi connectivity index (χ1) is 15.1. The summed E-state index contributed by atoms with van der Waals surface area (Å²) < 4.78 is 29.9. The van der Waals surface area contributed by atoms with Gasteiger partial charge in [0.05, 0.1) is 18.2 Å². The molecule has 0 fully saturated rings. The second-order valence-corrected chi connectivity index (χ2v) is 6.59. The molecule has 0 N–H and O–H groups in total. The molecule has 1 aliphatic rings. The summed E-state index contributed by atoms with van der Waals surface area (Å²) in [5.74, 6) is -0.540. The van der Waals surface area contributed by atoms with Gasteiger partial charge in [0.15, 0.2) is 5.76 Å². The number of carbonyl (C=O) groups is 2. The SMILES string of the molecule is COc1ccccc1C=CC=C1Oc2cc(OC(=O)c3ccccc3F)ccc2C1=O. The van der Waals surface area contributed by atoms with E-state index in [9.17, 15) is 14.0 Å². The van der Waals surface area contributed by atoms with E-state index in [1.807, 2.05) is 24.3 Å². The first kappa shape index (κ1) is 20.1. The molecule has 0 unspecified atom stereocenters. The van der Waals surface area contributed by atoms with Gasteiger partial charge in [0.25, 0.3) is 0 Å². The van der Waals surface area contributed by atoms with Crippen molar-refractivity contribution in [2.45, 2.75) is 0 Å². The molecule has 6 heteroatoms. The van der Waals surface area contributed by atoms with Crippen LogP contribution in [0.1, 0.15) is 26.3 Å². The van der Waals surface area contributed by atoms with Gasteiger partial charge in [-0.25, -0.2) is 9.18 Å². The maximum atomic E-state index is 13.8. The molecule has 0 aliphatic carbocycles. The Morgan fingerprint density at radius 3 is 2.61 bits per heavy atom. The van der Waals surface area contributed by atoms with Crippen LogP contribution in [-0.2, 0) is 0 Å². The summed E-state index contributed by atoms with van der Waals surface area (Å²) in [4.78, 5) is 24.7. The number of ketones is 1. The number of esters is 1. The van der Waals surface area contributed by atoms with E-state index in [-0.39, 0.29) is 28.6 Å². The lowest BCUT2D eigenvalue weighted by atomic mass is 10.1. The zero-order chi connectivity index (χ0) is 21.8. The minimum absolute atomic E-state index is 0.138. The molecule has 0 saturated heterocycles. The monoisotopic (exact) mass is 416 g/mol. The van der Waals surface area contributed by atoms with Crippen LogP contribution in [-0.4, -0.2) is 18.9 Å². The van der Waals surface area contributed by atoms with Crippen molar-refractivity contribution < 1.29 is 28.2 Å². The zero-order valence-electron chi connectivity index (χ0n) is 16.5. The molecule has 154 valence electrons. The Kier molecular flexibility index (Phi) is 5.62. The molecule has 0 amide bonds. The molecule has 4 rings (SSSR count). The summed E-state index contributed by atoms with van der Waals surface area (Å²) in [5.41, 5.74) is 1.02. The number of hydrogen-bond acceptors (Lipinski definition) is 5. The highest BCUT2D eigenvalue weighted by Crippen LogP contribution is 2.34. The molecule has 1 heterocycles. The molecule has 0 bridgehead atoms. The van der Waals surface area contributed by atoms with E-state index in [2.05, 4.69) is 0 Å². The van der Waals surface area contributed by atoms with Gasteiger partial charge < -0.3 is 14.2 Å². The number of halogens is 1. The third kappa shape index (κ3) is 4.23. The maximum absolute atomic E-state index is 13.8. The topological polar surface area (TPSA) is 61.8 Å². The Morgan fingerprint density at radius 2 is 1.81 bits per heavy atom. The molecule has 31 heavy (non-hydrogen) atoms. The first-order valence-corrected chi connectivity index (χ1v) is 9.41. The van der Waals surface area contributed by atoms with Gasteiger partial charge in [-0.2, -0.15) is 0 Å². The highest BCUT2D eigenvalue weighted by molar-refractivity contribution is 6.12. The molecule has 0 atom stereocenters. The van der Waals surface area contributed by atoms with Crippen molar-refractivity contribution in [3.63, 3.8) is 0 Å². The summed E-state index contributed by atoms with van der Waals surface area (Å²) in [6.45, 7) is 0. The Balaban J connectivity index is 1.50. The van der Waals surface area contributed by atoms with Gasteiger partial charge in [-0.3, -0.25) is 4.79 Å². The Morgan fingerprint density at radius 1 is 1.03 bits per heavy atom. The van der Waals surface area contributed by atoms with Crippen LogP contribution >= 0.6 is 0 Å². The van der Waals surface area contributed by atoms with Gasteiger partial charge in [-0.1, -0.05) is 42.5 Å². The van der Waals surface area contributed by atoms with E-state index in [4.69, 9.17) is 14.2 Å². The van der Waals surface area contributed by atoms with Crippen LogP contribution < -0.4 is 14.2 Å². The summed E-state index contributed by atoms with van der Waals surface area (Å²) in [6, 6.07) is 17.4. The van der Waals surface area contributed by atoms with E-state index >= 15 is 0 Å². The minimum atomic E-state index is -0.835. The third-order valence-electron chi connectivity index (χ3n) is 4.61. The molecule has 0 saturated carbocycles. The number of Topliss-reactive ketones (excluding diaryl/α,β-unsaturated/α-hetero) is 1. The molecule has 0 spiro atoms. The van der Waals surface area contributed by atoms with Gasteiger partial charge in [0.2, 0.25) is 5.78 Å². The number of ether oxygens (including phenoxy) is 3. The third-order valence-corrected chi connectivity index (χ3v) is 4.61. The van der Waals surface area contributed by atoms with Crippen LogP contribution in [0.25, 0.3) is 6.08 Å². The molecule has 0 radical (unpaired) electrons. The van der Waals surface area contributed by atoms with Crippen LogP contribution in [0.4, 0.5) is 4.39 Å². The van der Waals surface area contributed by atoms with Gasteiger partial charge >= 0.3 is 5.97 Å². The Labute approximate surface area is 178 Å². The van der Waals surface area contributed by atoms with Crippen molar-refractivity contribution in [1.82, 2.24) is 0 Å². The lowest BCUT2D eigenvalue weighted by Gasteiger charge is -2.06. The van der Waals surface area contributed by atoms with Crippen molar-refractivity contribution in [3.8, 4) is 17.2 Å². The number of allylic oxidation sites excluding steroid dienone is 3. The molecule has 5 nitrogen and oxygen atoms in total. The number of fused-ring (bicyclic) bond motifs is 1. The quantitative estimate of drug-likeness (QED) is 0.324. The number of para-hydroxylation sites is 1. The minimum Gasteiger partial charge on any atom is -0.496 e. The van der Waals surface area contributed by atoms with E-state index in [0.29, 0.717) is 11.3 Å². The molecule has 3 aromatic carbocycles. The summed E-state index contributed by atoms with van der Waals surface area (Å²) in [6.07, 6.45) is 5.04. The van der Waals surface area contributed by atoms with Crippen LogP contribution in [0.2, 0.25) is 0 Å². The molecule has 0 aromatic heterocycles. The summed E-state index contributed by atoms with van der Waals surface area (Å²) in [7, 11) is 1.59. The average molecular weight is 416 g/mol. The van der Waals surface area contributed by atoms with Crippen molar-refractivity contribution >= 4 is 17.8 Å². The average Bonchev–Trinajstić information content (AvgIpc) is 3.09. The lowest BCUT2D eigenvalue weighted by Crippen LogP contribution is -2.10.